The van der Waals surface area contributed by atoms with E-state index in [0.29, 0.717) is 16.7 Å². The van der Waals surface area contributed by atoms with E-state index in [4.69, 9.17) is 8.53 Å². The van der Waals surface area contributed by atoms with Crippen molar-refractivity contribution in [3.05, 3.63) is 145 Å². The molecule has 4 heteroatoms. The maximum absolute atomic E-state index is 8.03. The topological polar surface area (TPSA) is 38.9 Å². The maximum Gasteiger partial charge on any atom is 0.129 e. The van der Waals surface area contributed by atoms with Gasteiger partial charge in [0.15, 0.2) is 0 Å². The van der Waals surface area contributed by atoms with Crippen LogP contribution in [0.1, 0.15) is 15.2 Å². The van der Waals surface area contributed by atoms with Gasteiger partial charge in [-0.2, -0.15) is 0 Å². The summed E-state index contributed by atoms with van der Waals surface area (Å²) in [5, 5.41) is 1.78. The fraction of sp³-hybridized carbons (Fsp3) is 0.0556. The minimum absolute atomic E-state index is 0. The molecular formula is C36H26IrN2O-2. The van der Waals surface area contributed by atoms with Gasteiger partial charge in [-0.15, -0.1) is 54.1 Å². The van der Waals surface area contributed by atoms with Gasteiger partial charge in [0.25, 0.3) is 0 Å². The molecule has 0 amide bonds. The number of fused-ring (bicyclic) bond motifs is 3. The number of benzene rings is 4. The molecule has 0 aliphatic rings. The van der Waals surface area contributed by atoms with Gasteiger partial charge in [0, 0.05) is 47.6 Å². The fourth-order valence-corrected chi connectivity index (χ4v) is 4.58. The summed E-state index contributed by atoms with van der Waals surface area (Å²) in [4.78, 5) is 8.74. The number of hydrogen-bond acceptors (Lipinski definition) is 3. The first-order chi connectivity index (χ1) is 20.4. The van der Waals surface area contributed by atoms with Crippen molar-refractivity contribution in [3.63, 3.8) is 0 Å². The van der Waals surface area contributed by atoms with Crippen molar-refractivity contribution in [1.82, 2.24) is 9.97 Å². The molecular weight excluding hydrogens is 669 g/mol. The van der Waals surface area contributed by atoms with E-state index in [0.717, 1.165) is 38.9 Å². The van der Waals surface area contributed by atoms with Crippen LogP contribution in [-0.4, -0.2) is 9.97 Å². The van der Waals surface area contributed by atoms with Crippen molar-refractivity contribution in [2.24, 2.45) is 0 Å². The molecule has 4 aromatic carbocycles. The minimum atomic E-state index is -2.26. The number of rotatable bonds is 3. The Morgan fingerprint density at radius 3 is 2.25 bits per heavy atom. The molecule has 0 saturated carbocycles. The van der Waals surface area contributed by atoms with Crippen molar-refractivity contribution < 1.29 is 28.6 Å². The molecule has 0 unspecified atom stereocenters. The molecule has 7 rings (SSSR count). The molecule has 0 atom stereocenters. The van der Waals surface area contributed by atoms with E-state index < -0.39 is 6.85 Å². The van der Waals surface area contributed by atoms with Crippen LogP contribution in [0.2, 0.25) is 0 Å². The van der Waals surface area contributed by atoms with Gasteiger partial charge in [0.05, 0.1) is 5.58 Å². The van der Waals surface area contributed by atoms with Gasteiger partial charge >= 0.3 is 0 Å². The van der Waals surface area contributed by atoms with Crippen LogP contribution < -0.4 is 0 Å². The molecule has 0 saturated heterocycles. The molecule has 3 heterocycles. The van der Waals surface area contributed by atoms with Crippen molar-refractivity contribution in [2.75, 3.05) is 0 Å². The zero-order valence-corrected chi connectivity index (χ0v) is 24.1. The van der Waals surface area contributed by atoms with Crippen molar-refractivity contribution in [1.29, 1.82) is 0 Å². The largest absolute Gasteiger partial charge is 0.500 e. The summed E-state index contributed by atoms with van der Waals surface area (Å²) in [6.45, 7) is -0.222. The van der Waals surface area contributed by atoms with Gasteiger partial charge in [-0.3, -0.25) is 0 Å². The Morgan fingerprint density at radius 1 is 0.700 bits per heavy atom. The number of hydrogen-bond donors (Lipinski definition) is 0. The predicted molar refractivity (Wildman–Crippen MR) is 159 cm³/mol. The summed E-state index contributed by atoms with van der Waals surface area (Å²) in [5.41, 5.74) is 7.63. The van der Waals surface area contributed by atoms with E-state index >= 15 is 0 Å². The molecule has 40 heavy (non-hydrogen) atoms. The number of pyridine rings is 2. The van der Waals surface area contributed by atoms with E-state index in [1.807, 2.05) is 110 Å². The molecule has 197 valence electrons. The molecule has 3 nitrogen and oxygen atoms in total. The molecule has 7 aromatic rings. The molecule has 0 N–H and O–H groups in total. The van der Waals surface area contributed by atoms with E-state index in [-0.39, 0.29) is 25.7 Å². The van der Waals surface area contributed by atoms with Gasteiger partial charge in [-0.05, 0) is 47.9 Å². The number of aromatic nitrogens is 2. The Labute approximate surface area is 252 Å². The number of furan rings is 1. The average molecular weight is 698 g/mol. The average Bonchev–Trinajstić information content (AvgIpc) is 3.41. The minimum Gasteiger partial charge on any atom is -0.500 e. The first kappa shape index (κ1) is 23.5. The normalized spacial score (nSPS) is 12.0. The standard InChI is InChI=1S/C24H16NO.C12H10N.Ir/c1-16-13-14-19-18-10-7-11-20(21-12-5-6-15-25-21)23(18)26-24(19)22(16)17-8-3-2-4-9-17;1-10-7-8-12(13-9-10)11-5-3-2-4-6-11;/h2-10,12-15H,1H3;2-5,7-9H,1H3;/q2*-1;/i1D3;;. The van der Waals surface area contributed by atoms with Gasteiger partial charge < -0.3 is 14.4 Å². The third-order valence-corrected chi connectivity index (χ3v) is 6.48. The van der Waals surface area contributed by atoms with Crippen molar-refractivity contribution >= 4 is 21.9 Å². The summed E-state index contributed by atoms with van der Waals surface area (Å²) >= 11 is 0. The Kier molecular flexibility index (Phi) is 7.18. The summed E-state index contributed by atoms with van der Waals surface area (Å²) in [7, 11) is 0. The zero-order valence-electron chi connectivity index (χ0n) is 24.7. The van der Waals surface area contributed by atoms with E-state index in [1.54, 1.807) is 12.3 Å². The first-order valence-corrected chi connectivity index (χ1v) is 12.7. The third-order valence-electron chi connectivity index (χ3n) is 6.48. The molecule has 3 aromatic heterocycles. The molecule has 1 radical (unpaired) electrons. The van der Waals surface area contributed by atoms with Crippen LogP contribution in [0.3, 0.4) is 0 Å². The third kappa shape index (κ3) is 5.51. The predicted octanol–water partition coefficient (Wildman–Crippen LogP) is 9.28. The molecule has 0 fully saturated rings. The number of aryl methyl sites for hydroxylation is 2. The van der Waals surface area contributed by atoms with Gasteiger partial charge in [0.1, 0.15) is 5.58 Å². The quantitative estimate of drug-likeness (QED) is 0.173. The van der Waals surface area contributed by atoms with Crippen LogP contribution >= 0.6 is 0 Å². The van der Waals surface area contributed by atoms with E-state index in [1.165, 1.54) is 5.56 Å². The number of nitrogens with zero attached hydrogens (tertiary/aromatic N) is 2. The fourth-order valence-electron chi connectivity index (χ4n) is 4.58. The Bertz CT molecular complexity index is 1960. The van der Waals surface area contributed by atoms with Crippen LogP contribution in [0.25, 0.3) is 55.6 Å². The van der Waals surface area contributed by atoms with Crippen LogP contribution in [0.4, 0.5) is 0 Å². The van der Waals surface area contributed by atoms with E-state index in [2.05, 4.69) is 28.2 Å². The van der Waals surface area contributed by atoms with Gasteiger partial charge in [-0.25, -0.2) is 0 Å². The van der Waals surface area contributed by atoms with Crippen LogP contribution in [-0.2, 0) is 20.1 Å². The second kappa shape index (κ2) is 12.2. The summed E-state index contributed by atoms with van der Waals surface area (Å²) in [6.07, 6.45) is 3.60. The summed E-state index contributed by atoms with van der Waals surface area (Å²) < 4.78 is 30.4. The second-order valence-corrected chi connectivity index (χ2v) is 9.14. The zero-order chi connectivity index (χ0) is 29.1. The molecule has 0 aliphatic carbocycles. The van der Waals surface area contributed by atoms with Gasteiger partial charge in [0.2, 0.25) is 0 Å². The van der Waals surface area contributed by atoms with Crippen LogP contribution in [0, 0.1) is 25.9 Å². The SMILES string of the molecule is Cc1ccc(-c2[c-]cccc2)nc1.[2H]C([2H])([2H])c1ccc2c(oc3c(-c4ccccn4)[c-]ccc32)c1-c1ccccc1.[Ir]. The van der Waals surface area contributed by atoms with Crippen molar-refractivity contribution in [2.45, 2.75) is 13.8 Å². The molecule has 0 aliphatic heterocycles. The van der Waals surface area contributed by atoms with Crippen LogP contribution in [0.5, 0.6) is 0 Å². The van der Waals surface area contributed by atoms with E-state index in [9.17, 15) is 0 Å². The smallest absolute Gasteiger partial charge is 0.129 e. The van der Waals surface area contributed by atoms with Crippen molar-refractivity contribution in [3.8, 4) is 33.6 Å². The summed E-state index contributed by atoms with van der Waals surface area (Å²) in [5.74, 6) is 0. The van der Waals surface area contributed by atoms with Crippen LogP contribution in [0.15, 0.2) is 126 Å². The first-order valence-electron chi connectivity index (χ1n) is 14.2. The second-order valence-electron chi connectivity index (χ2n) is 9.14. The monoisotopic (exact) mass is 698 g/mol. The maximum atomic E-state index is 8.03. The Morgan fingerprint density at radius 2 is 1.52 bits per heavy atom. The summed E-state index contributed by atoms with van der Waals surface area (Å²) in [6, 6.07) is 40.8. The Balaban J connectivity index is 0.000000221. The van der Waals surface area contributed by atoms with Gasteiger partial charge in [-0.1, -0.05) is 77.7 Å². The molecule has 0 bridgehead atoms. The Hall–Kier alpha value is -4.37. The molecule has 0 spiro atoms.